The number of rotatable bonds is 2. The monoisotopic (exact) mass is 278 g/mol. The molecule has 2 saturated carbocycles. The average molecular weight is 279 g/mol. The first-order valence-corrected chi connectivity index (χ1v) is 8.91. The number of hydrogen-bond acceptors (Lipinski definition) is 3. The SMILES string of the molecule is CC1CCC2(CC1)OCC1CC12CS(=O)(=O)Cl. The van der Waals surface area contributed by atoms with Gasteiger partial charge in [-0.2, -0.15) is 0 Å². The van der Waals surface area contributed by atoms with Crippen LogP contribution in [0.3, 0.4) is 0 Å². The number of halogens is 1. The highest BCUT2D eigenvalue weighted by molar-refractivity contribution is 8.13. The maximum Gasteiger partial charge on any atom is 0.233 e. The Labute approximate surface area is 107 Å². The van der Waals surface area contributed by atoms with Gasteiger partial charge in [0.2, 0.25) is 9.05 Å². The smallest absolute Gasteiger partial charge is 0.233 e. The van der Waals surface area contributed by atoms with Crippen molar-refractivity contribution >= 4 is 19.7 Å². The summed E-state index contributed by atoms with van der Waals surface area (Å²) in [6.07, 6.45) is 5.31. The van der Waals surface area contributed by atoms with Gasteiger partial charge in [-0.3, -0.25) is 0 Å². The summed E-state index contributed by atoms with van der Waals surface area (Å²) in [5.74, 6) is 1.29. The Bertz CT molecular complexity index is 425. The molecular formula is C12H19ClO3S. The highest BCUT2D eigenvalue weighted by atomic mass is 35.7. The number of hydrogen-bond donors (Lipinski definition) is 0. The lowest BCUT2D eigenvalue weighted by Crippen LogP contribution is -2.45. The van der Waals surface area contributed by atoms with Crippen LogP contribution in [0, 0.1) is 17.3 Å². The molecule has 1 saturated heterocycles. The quantitative estimate of drug-likeness (QED) is 0.729. The Morgan fingerprint density at radius 2 is 2.00 bits per heavy atom. The number of fused-ring (bicyclic) bond motifs is 2. The molecule has 5 heteroatoms. The Kier molecular flexibility index (Phi) is 2.60. The van der Waals surface area contributed by atoms with Gasteiger partial charge in [0.05, 0.1) is 18.0 Å². The molecule has 0 aromatic carbocycles. The average Bonchev–Trinajstić information content (AvgIpc) is 2.83. The first kappa shape index (κ1) is 12.2. The van der Waals surface area contributed by atoms with Gasteiger partial charge >= 0.3 is 0 Å². The highest BCUT2D eigenvalue weighted by Gasteiger charge is 2.72. The summed E-state index contributed by atoms with van der Waals surface area (Å²) in [4.78, 5) is 0. The molecule has 0 radical (unpaired) electrons. The summed E-state index contributed by atoms with van der Waals surface area (Å²) in [6, 6.07) is 0. The third kappa shape index (κ3) is 1.83. The fraction of sp³-hybridized carbons (Fsp3) is 1.00. The lowest BCUT2D eigenvalue weighted by molar-refractivity contribution is -0.0813. The molecule has 3 rings (SSSR count). The third-order valence-corrected chi connectivity index (χ3v) is 6.40. The Morgan fingerprint density at radius 3 is 2.53 bits per heavy atom. The van der Waals surface area contributed by atoms with E-state index in [4.69, 9.17) is 15.4 Å². The topological polar surface area (TPSA) is 43.4 Å². The molecular weight excluding hydrogens is 260 g/mol. The van der Waals surface area contributed by atoms with E-state index in [1.54, 1.807) is 0 Å². The van der Waals surface area contributed by atoms with Crippen LogP contribution in [-0.4, -0.2) is 26.4 Å². The fourth-order valence-electron chi connectivity index (χ4n) is 4.05. The van der Waals surface area contributed by atoms with E-state index in [2.05, 4.69) is 6.92 Å². The molecule has 0 aromatic heterocycles. The molecule has 3 fully saturated rings. The molecule has 17 heavy (non-hydrogen) atoms. The molecule has 1 heterocycles. The minimum atomic E-state index is -3.42. The summed E-state index contributed by atoms with van der Waals surface area (Å²) >= 11 is 0. The predicted molar refractivity (Wildman–Crippen MR) is 66.5 cm³/mol. The summed E-state index contributed by atoms with van der Waals surface area (Å²) in [5.41, 5.74) is -0.320. The van der Waals surface area contributed by atoms with E-state index in [-0.39, 0.29) is 16.8 Å². The highest BCUT2D eigenvalue weighted by Crippen LogP contribution is 2.70. The van der Waals surface area contributed by atoms with Crippen molar-refractivity contribution < 1.29 is 13.2 Å². The molecule has 2 atom stereocenters. The van der Waals surface area contributed by atoms with Crippen molar-refractivity contribution in [2.45, 2.75) is 44.6 Å². The van der Waals surface area contributed by atoms with E-state index in [1.807, 2.05) is 0 Å². The van der Waals surface area contributed by atoms with Crippen molar-refractivity contribution in [2.24, 2.45) is 17.3 Å². The van der Waals surface area contributed by atoms with E-state index in [0.717, 1.165) is 44.6 Å². The molecule has 0 bridgehead atoms. The minimum Gasteiger partial charge on any atom is -0.374 e. The normalized spacial score (nSPS) is 49.3. The van der Waals surface area contributed by atoms with E-state index in [0.29, 0.717) is 5.92 Å². The molecule has 3 nitrogen and oxygen atoms in total. The molecule has 3 aliphatic rings. The van der Waals surface area contributed by atoms with E-state index in [1.165, 1.54) is 0 Å². The van der Waals surface area contributed by atoms with Crippen LogP contribution in [0.2, 0.25) is 0 Å². The lowest BCUT2D eigenvalue weighted by atomic mass is 9.71. The van der Waals surface area contributed by atoms with Crippen LogP contribution in [-0.2, 0) is 13.8 Å². The van der Waals surface area contributed by atoms with Crippen LogP contribution in [0.4, 0.5) is 0 Å². The summed E-state index contributed by atoms with van der Waals surface area (Å²) in [5, 5.41) is 0. The van der Waals surface area contributed by atoms with Gasteiger partial charge < -0.3 is 4.74 Å². The molecule has 0 N–H and O–H groups in total. The van der Waals surface area contributed by atoms with Gasteiger partial charge in [-0.25, -0.2) is 8.42 Å². The Hall–Kier alpha value is 0.200. The van der Waals surface area contributed by atoms with E-state index in [9.17, 15) is 8.42 Å². The molecule has 98 valence electrons. The van der Waals surface area contributed by atoms with Gasteiger partial charge in [-0.15, -0.1) is 0 Å². The van der Waals surface area contributed by atoms with Crippen molar-refractivity contribution in [3.8, 4) is 0 Å². The van der Waals surface area contributed by atoms with Gasteiger partial charge in [0, 0.05) is 16.1 Å². The summed E-state index contributed by atoms with van der Waals surface area (Å²) in [7, 11) is 2.06. The van der Waals surface area contributed by atoms with E-state index < -0.39 is 9.05 Å². The lowest BCUT2D eigenvalue weighted by Gasteiger charge is -2.42. The van der Waals surface area contributed by atoms with Crippen molar-refractivity contribution in [2.75, 3.05) is 12.4 Å². The van der Waals surface area contributed by atoms with Crippen molar-refractivity contribution in [1.29, 1.82) is 0 Å². The second kappa shape index (κ2) is 3.61. The van der Waals surface area contributed by atoms with Gasteiger partial charge in [-0.1, -0.05) is 6.92 Å². The van der Waals surface area contributed by atoms with Crippen LogP contribution in [0.1, 0.15) is 39.0 Å². The predicted octanol–water partition coefficient (Wildman–Crippen LogP) is 2.54. The summed E-state index contributed by atoms with van der Waals surface area (Å²) < 4.78 is 28.9. The van der Waals surface area contributed by atoms with Crippen LogP contribution in [0.25, 0.3) is 0 Å². The zero-order chi connectivity index (χ0) is 12.3. The fourth-order valence-corrected chi connectivity index (χ4v) is 5.86. The zero-order valence-electron chi connectivity index (χ0n) is 10.1. The van der Waals surface area contributed by atoms with Gasteiger partial charge in [0.15, 0.2) is 0 Å². The minimum absolute atomic E-state index is 0.112. The van der Waals surface area contributed by atoms with Crippen molar-refractivity contribution in [3.05, 3.63) is 0 Å². The van der Waals surface area contributed by atoms with E-state index >= 15 is 0 Å². The summed E-state index contributed by atoms with van der Waals surface area (Å²) in [6.45, 7) is 3.00. The first-order chi connectivity index (χ1) is 7.87. The molecule has 1 aliphatic heterocycles. The second-order valence-corrected chi connectivity index (χ2v) is 9.01. The molecule has 1 spiro atoms. The van der Waals surface area contributed by atoms with Crippen LogP contribution in [0.5, 0.6) is 0 Å². The largest absolute Gasteiger partial charge is 0.374 e. The molecule has 2 unspecified atom stereocenters. The third-order valence-electron chi connectivity index (χ3n) is 5.21. The van der Waals surface area contributed by atoms with Crippen molar-refractivity contribution in [3.63, 3.8) is 0 Å². The van der Waals surface area contributed by atoms with Gasteiger partial charge in [0.25, 0.3) is 0 Å². The van der Waals surface area contributed by atoms with Crippen molar-refractivity contribution in [1.82, 2.24) is 0 Å². The molecule has 2 aliphatic carbocycles. The molecule has 0 aromatic rings. The van der Waals surface area contributed by atoms with Crippen LogP contribution >= 0.6 is 10.7 Å². The zero-order valence-corrected chi connectivity index (χ0v) is 11.7. The first-order valence-electron chi connectivity index (χ1n) is 6.43. The molecule has 0 amide bonds. The maximum atomic E-state index is 11.4. The second-order valence-electron chi connectivity index (χ2n) is 6.23. The Balaban J connectivity index is 1.85. The number of ether oxygens (including phenoxy) is 1. The van der Waals surface area contributed by atoms with Crippen LogP contribution in [0.15, 0.2) is 0 Å². The Morgan fingerprint density at radius 1 is 1.35 bits per heavy atom. The van der Waals surface area contributed by atoms with Gasteiger partial charge in [-0.05, 0) is 43.9 Å². The maximum absolute atomic E-state index is 11.4. The van der Waals surface area contributed by atoms with Gasteiger partial charge in [0.1, 0.15) is 0 Å². The standard InChI is InChI=1S/C12H19ClO3S/c1-9-2-4-12(5-3-9)11(8-17(13,14)15)6-10(11)7-16-12/h9-10H,2-8H2,1H3. The van der Waals surface area contributed by atoms with Crippen LogP contribution < -0.4 is 0 Å².